The van der Waals surface area contributed by atoms with Crippen LogP contribution in [-0.2, 0) is 9.53 Å². The number of hydrazine groups is 1. The average molecular weight is 300 g/mol. The molecule has 0 spiro atoms. The molecular formula is C16H32N2O3. The van der Waals surface area contributed by atoms with Crippen molar-refractivity contribution in [1.82, 2.24) is 10.9 Å². The van der Waals surface area contributed by atoms with Gasteiger partial charge in [0.15, 0.2) is 0 Å². The Morgan fingerprint density at radius 1 is 0.857 bits per heavy atom. The highest BCUT2D eigenvalue weighted by atomic mass is 16.6. The molecule has 5 nitrogen and oxygen atoms in total. The average Bonchev–Trinajstić information content (AvgIpc) is 2.37. The first-order valence-electron chi connectivity index (χ1n) is 8.13. The van der Waals surface area contributed by atoms with Crippen molar-refractivity contribution in [3.8, 4) is 0 Å². The van der Waals surface area contributed by atoms with Crippen LogP contribution in [0, 0.1) is 0 Å². The Bertz CT molecular complexity index is 298. The lowest BCUT2D eigenvalue weighted by atomic mass is 10.1. The van der Waals surface area contributed by atoms with Crippen molar-refractivity contribution in [3.05, 3.63) is 0 Å². The van der Waals surface area contributed by atoms with Gasteiger partial charge in [-0.15, -0.1) is 0 Å². The molecule has 0 rings (SSSR count). The third-order valence-corrected chi connectivity index (χ3v) is 2.96. The van der Waals surface area contributed by atoms with Crippen molar-refractivity contribution in [2.24, 2.45) is 0 Å². The topological polar surface area (TPSA) is 67.4 Å². The molecule has 0 aliphatic rings. The molecule has 0 aliphatic heterocycles. The van der Waals surface area contributed by atoms with Crippen LogP contribution < -0.4 is 10.9 Å². The molecule has 0 bridgehead atoms. The molecule has 2 amide bonds. The Morgan fingerprint density at radius 3 is 1.90 bits per heavy atom. The van der Waals surface area contributed by atoms with E-state index in [1.165, 1.54) is 38.5 Å². The van der Waals surface area contributed by atoms with Gasteiger partial charge in [-0.05, 0) is 27.2 Å². The van der Waals surface area contributed by atoms with Gasteiger partial charge >= 0.3 is 6.09 Å². The number of rotatable bonds is 9. The second-order valence-electron chi connectivity index (χ2n) is 6.40. The zero-order valence-electron chi connectivity index (χ0n) is 14.1. The number of nitrogens with one attached hydrogen (secondary N) is 2. The maximum atomic E-state index is 11.5. The predicted molar refractivity (Wildman–Crippen MR) is 84.7 cm³/mol. The Labute approximate surface area is 129 Å². The second kappa shape index (κ2) is 11.4. The van der Waals surface area contributed by atoms with Gasteiger partial charge in [-0.25, -0.2) is 10.2 Å². The molecule has 0 heterocycles. The Morgan fingerprint density at radius 2 is 1.38 bits per heavy atom. The van der Waals surface area contributed by atoms with Gasteiger partial charge < -0.3 is 4.74 Å². The fourth-order valence-electron chi connectivity index (χ4n) is 1.91. The Kier molecular flexibility index (Phi) is 10.7. The van der Waals surface area contributed by atoms with Crippen molar-refractivity contribution in [2.75, 3.05) is 0 Å². The summed E-state index contributed by atoms with van der Waals surface area (Å²) in [6, 6.07) is 0. The first-order chi connectivity index (χ1) is 9.85. The van der Waals surface area contributed by atoms with Gasteiger partial charge in [0, 0.05) is 6.42 Å². The van der Waals surface area contributed by atoms with Crippen LogP contribution in [0.15, 0.2) is 0 Å². The summed E-state index contributed by atoms with van der Waals surface area (Å²) >= 11 is 0. The molecule has 0 saturated heterocycles. The molecule has 0 aromatic rings. The lowest BCUT2D eigenvalue weighted by molar-refractivity contribution is -0.122. The first-order valence-corrected chi connectivity index (χ1v) is 8.13. The minimum atomic E-state index is -0.633. The van der Waals surface area contributed by atoms with E-state index in [4.69, 9.17) is 4.74 Å². The van der Waals surface area contributed by atoms with Crippen molar-refractivity contribution in [2.45, 2.75) is 91.1 Å². The van der Waals surface area contributed by atoms with Crippen LogP contribution in [0.3, 0.4) is 0 Å². The van der Waals surface area contributed by atoms with Crippen LogP contribution >= 0.6 is 0 Å². The van der Waals surface area contributed by atoms with E-state index in [2.05, 4.69) is 17.8 Å². The summed E-state index contributed by atoms with van der Waals surface area (Å²) in [5.41, 5.74) is 4.05. The summed E-state index contributed by atoms with van der Waals surface area (Å²) in [5, 5.41) is 0. The smallest absolute Gasteiger partial charge is 0.426 e. The maximum Gasteiger partial charge on any atom is 0.426 e. The van der Waals surface area contributed by atoms with Crippen LogP contribution in [0.25, 0.3) is 0 Å². The van der Waals surface area contributed by atoms with E-state index >= 15 is 0 Å². The third-order valence-electron chi connectivity index (χ3n) is 2.96. The first kappa shape index (κ1) is 19.7. The number of carbonyl (C=O) groups excluding carboxylic acids is 2. The lowest BCUT2D eigenvalue weighted by Crippen LogP contribution is -2.44. The fourth-order valence-corrected chi connectivity index (χ4v) is 1.91. The highest BCUT2D eigenvalue weighted by molar-refractivity contribution is 5.79. The van der Waals surface area contributed by atoms with E-state index in [1.807, 2.05) is 0 Å². The highest BCUT2D eigenvalue weighted by Gasteiger charge is 2.16. The van der Waals surface area contributed by atoms with Gasteiger partial charge in [0.05, 0.1) is 0 Å². The van der Waals surface area contributed by atoms with Crippen LogP contribution in [0.1, 0.15) is 85.5 Å². The lowest BCUT2D eigenvalue weighted by Gasteiger charge is -2.19. The Hall–Kier alpha value is -1.26. The van der Waals surface area contributed by atoms with E-state index in [9.17, 15) is 9.59 Å². The molecule has 124 valence electrons. The van der Waals surface area contributed by atoms with Crippen molar-refractivity contribution in [1.29, 1.82) is 0 Å². The molecule has 0 aliphatic carbocycles. The van der Waals surface area contributed by atoms with Gasteiger partial charge in [-0.3, -0.25) is 10.2 Å². The number of amides is 2. The summed E-state index contributed by atoms with van der Waals surface area (Å²) in [6.45, 7) is 7.53. The molecule has 5 heteroatoms. The van der Waals surface area contributed by atoms with Crippen LogP contribution in [0.2, 0.25) is 0 Å². The zero-order chi connectivity index (χ0) is 16.1. The minimum Gasteiger partial charge on any atom is -0.443 e. The van der Waals surface area contributed by atoms with E-state index in [0.29, 0.717) is 6.42 Å². The molecular weight excluding hydrogens is 268 g/mol. The summed E-state index contributed by atoms with van der Waals surface area (Å²) in [6.07, 6.45) is 9.34. The quantitative estimate of drug-likeness (QED) is 0.498. The Balaban J connectivity index is 3.44. The van der Waals surface area contributed by atoms with E-state index in [0.717, 1.165) is 12.8 Å². The molecule has 0 saturated carbocycles. The van der Waals surface area contributed by atoms with Gasteiger partial charge in [-0.2, -0.15) is 0 Å². The van der Waals surface area contributed by atoms with Crippen LogP contribution in [-0.4, -0.2) is 17.6 Å². The van der Waals surface area contributed by atoms with Gasteiger partial charge in [-0.1, -0.05) is 51.9 Å². The van der Waals surface area contributed by atoms with E-state index in [1.54, 1.807) is 20.8 Å². The van der Waals surface area contributed by atoms with Crippen molar-refractivity contribution < 1.29 is 14.3 Å². The highest BCUT2D eigenvalue weighted by Crippen LogP contribution is 2.09. The monoisotopic (exact) mass is 300 g/mol. The standard InChI is InChI=1S/C16H32N2O3/c1-5-6-7-8-9-10-11-12-13-14(19)17-18-15(20)21-16(2,3)4/h5-13H2,1-4H3,(H,17,19)(H,18,20). The summed E-state index contributed by atoms with van der Waals surface area (Å²) in [7, 11) is 0. The second-order valence-corrected chi connectivity index (χ2v) is 6.40. The number of hydrogen-bond acceptors (Lipinski definition) is 3. The van der Waals surface area contributed by atoms with Gasteiger partial charge in [0.1, 0.15) is 5.60 Å². The molecule has 0 radical (unpaired) electrons. The predicted octanol–water partition coefficient (Wildman–Crippen LogP) is 4.07. The third kappa shape index (κ3) is 15.0. The van der Waals surface area contributed by atoms with E-state index < -0.39 is 11.7 Å². The largest absolute Gasteiger partial charge is 0.443 e. The molecule has 21 heavy (non-hydrogen) atoms. The molecule has 0 atom stereocenters. The van der Waals surface area contributed by atoms with E-state index in [-0.39, 0.29) is 5.91 Å². The normalized spacial score (nSPS) is 11.0. The molecule has 0 unspecified atom stereocenters. The van der Waals surface area contributed by atoms with Crippen LogP contribution in [0.4, 0.5) is 4.79 Å². The SMILES string of the molecule is CCCCCCCCCCC(=O)NNC(=O)OC(C)(C)C. The summed E-state index contributed by atoms with van der Waals surface area (Å²) < 4.78 is 5.01. The summed E-state index contributed by atoms with van der Waals surface area (Å²) in [4.78, 5) is 22.8. The van der Waals surface area contributed by atoms with Gasteiger partial charge in [0.25, 0.3) is 0 Å². The molecule has 0 aromatic heterocycles. The maximum absolute atomic E-state index is 11.5. The van der Waals surface area contributed by atoms with Crippen molar-refractivity contribution >= 4 is 12.0 Å². The van der Waals surface area contributed by atoms with Crippen LogP contribution in [0.5, 0.6) is 0 Å². The number of unbranched alkanes of at least 4 members (excludes halogenated alkanes) is 7. The molecule has 2 N–H and O–H groups in total. The minimum absolute atomic E-state index is 0.174. The number of hydrogen-bond donors (Lipinski definition) is 2. The molecule has 0 fully saturated rings. The number of carbonyl (C=O) groups is 2. The zero-order valence-corrected chi connectivity index (χ0v) is 14.1. The van der Waals surface area contributed by atoms with Gasteiger partial charge in [0.2, 0.25) is 5.91 Å². The molecule has 0 aromatic carbocycles. The van der Waals surface area contributed by atoms with Crippen molar-refractivity contribution in [3.63, 3.8) is 0 Å². The fraction of sp³-hybridized carbons (Fsp3) is 0.875. The number of ether oxygens (including phenoxy) is 1. The summed E-state index contributed by atoms with van der Waals surface area (Å²) in [5.74, 6) is -0.174.